The maximum atomic E-state index is 2.54. The van der Waals surface area contributed by atoms with Crippen LogP contribution in [0.4, 0.5) is 0 Å². The molecule has 2 unspecified atom stereocenters. The highest BCUT2D eigenvalue weighted by Gasteiger charge is 2.31. The number of rotatable bonds is 3. The molecule has 1 heterocycles. The molecule has 2 aromatic carbocycles. The fourth-order valence-electron chi connectivity index (χ4n) is 3.39. The van der Waals surface area contributed by atoms with E-state index in [0.717, 1.165) is 6.42 Å². The van der Waals surface area contributed by atoms with Crippen molar-refractivity contribution in [2.75, 3.05) is 7.05 Å². The zero-order valence-corrected chi connectivity index (χ0v) is 12.4. The normalized spacial score (nSPS) is 23.1. The first-order chi connectivity index (χ1) is 9.79. The van der Waals surface area contributed by atoms with Gasteiger partial charge in [0.2, 0.25) is 0 Å². The third-order valence-corrected chi connectivity index (χ3v) is 4.65. The van der Waals surface area contributed by atoms with Gasteiger partial charge in [0, 0.05) is 12.1 Å². The fraction of sp³-hybridized carbons (Fsp3) is 0.368. The molecule has 20 heavy (non-hydrogen) atoms. The highest BCUT2D eigenvalue weighted by molar-refractivity contribution is 5.28. The molecule has 1 aliphatic rings. The second-order valence-corrected chi connectivity index (χ2v) is 5.78. The summed E-state index contributed by atoms with van der Waals surface area (Å²) in [7, 11) is 2.27. The van der Waals surface area contributed by atoms with Crippen LogP contribution in [-0.4, -0.2) is 11.9 Å². The molecular weight excluding hydrogens is 242 g/mol. The first-order valence-corrected chi connectivity index (χ1v) is 7.65. The lowest BCUT2D eigenvalue weighted by molar-refractivity contribution is 0.246. The lowest BCUT2D eigenvalue weighted by Crippen LogP contribution is -2.21. The fourth-order valence-corrected chi connectivity index (χ4v) is 3.39. The average molecular weight is 265 g/mol. The number of hydrogen-bond donors (Lipinski definition) is 0. The Morgan fingerprint density at radius 3 is 1.95 bits per heavy atom. The van der Waals surface area contributed by atoms with Gasteiger partial charge >= 0.3 is 0 Å². The van der Waals surface area contributed by atoms with Gasteiger partial charge in [0.05, 0.1) is 0 Å². The van der Waals surface area contributed by atoms with Gasteiger partial charge in [-0.2, -0.15) is 0 Å². The number of likely N-dealkylation sites (tertiary alicyclic amines) is 1. The predicted octanol–water partition coefficient (Wildman–Crippen LogP) is 4.76. The molecule has 1 heteroatoms. The molecule has 1 aliphatic heterocycles. The average Bonchev–Trinajstić information content (AvgIpc) is 2.90. The maximum Gasteiger partial charge on any atom is 0.0351 e. The molecule has 0 radical (unpaired) electrons. The van der Waals surface area contributed by atoms with Gasteiger partial charge in [0.1, 0.15) is 0 Å². The van der Waals surface area contributed by atoms with Crippen LogP contribution >= 0.6 is 0 Å². The van der Waals surface area contributed by atoms with Crippen molar-refractivity contribution in [1.82, 2.24) is 4.90 Å². The molecule has 0 saturated carbocycles. The second-order valence-electron chi connectivity index (χ2n) is 5.78. The first-order valence-electron chi connectivity index (χ1n) is 7.65. The van der Waals surface area contributed by atoms with E-state index in [1.807, 2.05) is 0 Å². The van der Waals surface area contributed by atoms with Crippen LogP contribution in [0.1, 0.15) is 48.5 Å². The van der Waals surface area contributed by atoms with Crippen LogP contribution in [0, 0.1) is 0 Å². The van der Waals surface area contributed by atoms with E-state index in [1.165, 1.54) is 29.5 Å². The summed E-state index contributed by atoms with van der Waals surface area (Å²) in [5, 5.41) is 0. The van der Waals surface area contributed by atoms with E-state index in [4.69, 9.17) is 0 Å². The Labute approximate surface area is 122 Å². The minimum atomic E-state index is 0.561. The van der Waals surface area contributed by atoms with Crippen LogP contribution < -0.4 is 0 Å². The zero-order chi connectivity index (χ0) is 13.9. The van der Waals surface area contributed by atoms with Crippen molar-refractivity contribution in [1.29, 1.82) is 0 Å². The Morgan fingerprint density at radius 1 is 0.850 bits per heavy atom. The van der Waals surface area contributed by atoms with Crippen LogP contribution in [-0.2, 0) is 6.42 Å². The number of hydrogen-bond acceptors (Lipinski definition) is 1. The van der Waals surface area contributed by atoms with Crippen LogP contribution in [0.2, 0.25) is 0 Å². The van der Waals surface area contributed by atoms with Crippen LogP contribution in [0.3, 0.4) is 0 Å². The lowest BCUT2D eigenvalue weighted by Gasteiger charge is -2.26. The Bertz CT molecular complexity index is 544. The Morgan fingerprint density at radius 2 is 1.40 bits per heavy atom. The Balaban J connectivity index is 1.79. The highest BCUT2D eigenvalue weighted by atomic mass is 15.2. The van der Waals surface area contributed by atoms with E-state index in [-0.39, 0.29) is 0 Å². The van der Waals surface area contributed by atoms with Crippen LogP contribution in [0.25, 0.3) is 0 Å². The lowest BCUT2D eigenvalue weighted by atomic mass is 10.0. The maximum absolute atomic E-state index is 2.54. The summed E-state index contributed by atoms with van der Waals surface area (Å²) in [5.41, 5.74) is 4.33. The summed E-state index contributed by atoms with van der Waals surface area (Å²) in [6.45, 7) is 2.21. The molecule has 0 N–H and O–H groups in total. The third kappa shape index (κ3) is 2.51. The van der Waals surface area contributed by atoms with Gasteiger partial charge < -0.3 is 0 Å². The van der Waals surface area contributed by atoms with Gasteiger partial charge in [-0.15, -0.1) is 0 Å². The largest absolute Gasteiger partial charge is 0.292 e. The standard InChI is InChI=1S/C19H23N/c1-3-15-9-11-17(12-10-15)19-14-13-18(20(19)2)16-7-5-4-6-8-16/h4-12,18-19H,3,13-14H2,1-2H3. The molecule has 104 valence electrons. The van der Waals surface area contributed by atoms with Crippen molar-refractivity contribution in [3.63, 3.8) is 0 Å². The quantitative estimate of drug-likeness (QED) is 0.773. The molecule has 0 aromatic heterocycles. The van der Waals surface area contributed by atoms with Crippen molar-refractivity contribution in [3.05, 3.63) is 71.3 Å². The molecule has 0 spiro atoms. The predicted molar refractivity (Wildman–Crippen MR) is 84.7 cm³/mol. The van der Waals surface area contributed by atoms with Crippen molar-refractivity contribution in [3.8, 4) is 0 Å². The van der Waals surface area contributed by atoms with Crippen molar-refractivity contribution in [2.45, 2.75) is 38.3 Å². The first kappa shape index (κ1) is 13.4. The van der Waals surface area contributed by atoms with Gasteiger partial charge in [-0.25, -0.2) is 0 Å². The molecule has 1 fully saturated rings. The molecule has 1 nitrogen and oxygen atoms in total. The Kier molecular flexibility index (Phi) is 3.88. The number of aryl methyl sites for hydroxylation is 1. The summed E-state index contributed by atoms with van der Waals surface area (Å²) >= 11 is 0. The molecule has 0 aliphatic carbocycles. The molecular formula is C19H23N. The monoisotopic (exact) mass is 265 g/mol. The van der Waals surface area contributed by atoms with E-state index in [1.54, 1.807) is 0 Å². The summed E-state index contributed by atoms with van der Waals surface area (Å²) < 4.78 is 0. The van der Waals surface area contributed by atoms with Crippen molar-refractivity contribution >= 4 is 0 Å². The molecule has 2 aromatic rings. The smallest absolute Gasteiger partial charge is 0.0351 e. The van der Waals surface area contributed by atoms with E-state index in [2.05, 4.69) is 73.5 Å². The molecule has 0 amide bonds. The highest BCUT2D eigenvalue weighted by Crippen LogP contribution is 2.42. The molecule has 2 atom stereocenters. The van der Waals surface area contributed by atoms with Gasteiger partial charge in [-0.1, -0.05) is 61.5 Å². The van der Waals surface area contributed by atoms with Crippen molar-refractivity contribution in [2.24, 2.45) is 0 Å². The SMILES string of the molecule is CCc1ccc(C2CCC(c3ccccc3)N2C)cc1. The molecule has 3 rings (SSSR count). The van der Waals surface area contributed by atoms with Crippen molar-refractivity contribution < 1.29 is 0 Å². The molecule has 1 saturated heterocycles. The van der Waals surface area contributed by atoms with E-state index >= 15 is 0 Å². The van der Waals surface area contributed by atoms with Crippen LogP contribution in [0.15, 0.2) is 54.6 Å². The summed E-state index contributed by atoms with van der Waals surface area (Å²) in [6, 6.07) is 21.2. The minimum absolute atomic E-state index is 0.561. The number of nitrogens with zero attached hydrogens (tertiary/aromatic N) is 1. The van der Waals surface area contributed by atoms with Gasteiger partial charge in [0.15, 0.2) is 0 Å². The van der Waals surface area contributed by atoms with Gasteiger partial charge in [0.25, 0.3) is 0 Å². The number of benzene rings is 2. The summed E-state index contributed by atoms with van der Waals surface area (Å²) in [4.78, 5) is 2.54. The third-order valence-electron chi connectivity index (χ3n) is 4.65. The van der Waals surface area contributed by atoms with E-state index in [9.17, 15) is 0 Å². The molecule has 0 bridgehead atoms. The van der Waals surface area contributed by atoms with Crippen LogP contribution in [0.5, 0.6) is 0 Å². The van der Waals surface area contributed by atoms with E-state index < -0.39 is 0 Å². The summed E-state index contributed by atoms with van der Waals surface area (Å²) in [5.74, 6) is 0. The minimum Gasteiger partial charge on any atom is -0.292 e. The van der Waals surface area contributed by atoms with Gasteiger partial charge in [-0.05, 0) is 43.0 Å². The van der Waals surface area contributed by atoms with E-state index in [0.29, 0.717) is 12.1 Å². The topological polar surface area (TPSA) is 3.24 Å². The second kappa shape index (κ2) is 5.80. The van der Waals surface area contributed by atoms with Gasteiger partial charge in [-0.3, -0.25) is 4.90 Å². The zero-order valence-electron chi connectivity index (χ0n) is 12.4. The summed E-state index contributed by atoms with van der Waals surface area (Å²) in [6.07, 6.45) is 3.62. The Hall–Kier alpha value is -1.60.